The Bertz CT molecular complexity index is 687. The van der Waals surface area contributed by atoms with Gasteiger partial charge in [-0.25, -0.2) is 9.97 Å². The molecule has 1 saturated heterocycles. The highest BCUT2D eigenvalue weighted by Crippen LogP contribution is 2.20. The molecule has 0 spiro atoms. The van der Waals surface area contributed by atoms with Crippen molar-refractivity contribution in [3.8, 4) is 0 Å². The first-order chi connectivity index (χ1) is 10.6. The van der Waals surface area contributed by atoms with E-state index >= 15 is 0 Å². The van der Waals surface area contributed by atoms with Crippen molar-refractivity contribution in [3.63, 3.8) is 0 Å². The first-order valence-electron chi connectivity index (χ1n) is 7.38. The zero-order chi connectivity index (χ0) is 15.7. The number of carbonyl (C=O) groups excluding carboxylic acids is 1. The number of aromatic nitrogens is 4. The lowest BCUT2D eigenvalue weighted by Crippen LogP contribution is -2.49. The average molecular weight is 300 g/mol. The van der Waals surface area contributed by atoms with Gasteiger partial charge in [-0.3, -0.25) is 9.48 Å². The second kappa shape index (κ2) is 5.75. The molecule has 1 aliphatic heterocycles. The number of hydrogen-bond acceptors (Lipinski definition) is 5. The highest BCUT2D eigenvalue weighted by Gasteiger charge is 2.25. The molecule has 22 heavy (non-hydrogen) atoms. The maximum absolute atomic E-state index is 12.5. The lowest BCUT2D eigenvalue weighted by Gasteiger charge is -2.36. The zero-order valence-corrected chi connectivity index (χ0v) is 13.2. The monoisotopic (exact) mass is 300 g/mol. The first-order valence-corrected chi connectivity index (χ1v) is 7.38. The fourth-order valence-electron chi connectivity index (χ4n) is 2.71. The topological polar surface area (TPSA) is 67.2 Å². The second-order valence-electron chi connectivity index (χ2n) is 5.53. The van der Waals surface area contributed by atoms with E-state index in [4.69, 9.17) is 0 Å². The van der Waals surface area contributed by atoms with E-state index in [0.29, 0.717) is 18.8 Å². The van der Waals surface area contributed by atoms with Gasteiger partial charge in [-0.2, -0.15) is 5.10 Å². The van der Waals surface area contributed by atoms with Crippen LogP contribution in [0, 0.1) is 13.8 Å². The molecule has 2 aromatic heterocycles. The first kappa shape index (κ1) is 14.5. The molecule has 1 fully saturated rings. The number of nitrogens with zero attached hydrogens (tertiary/aromatic N) is 6. The summed E-state index contributed by atoms with van der Waals surface area (Å²) < 4.78 is 1.62. The van der Waals surface area contributed by atoms with Crippen molar-refractivity contribution < 1.29 is 4.79 Å². The number of carbonyl (C=O) groups is 1. The molecule has 0 N–H and O–H groups in total. The van der Waals surface area contributed by atoms with E-state index in [-0.39, 0.29) is 5.91 Å². The summed E-state index contributed by atoms with van der Waals surface area (Å²) in [6.45, 7) is 6.96. The van der Waals surface area contributed by atoms with E-state index in [9.17, 15) is 4.79 Å². The van der Waals surface area contributed by atoms with Crippen molar-refractivity contribution in [2.45, 2.75) is 13.8 Å². The highest BCUT2D eigenvalue weighted by atomic mass is 16.2. The van der Waals surface area contributed by atoms with Crippen LogP contribution in [0.2, 0.25) is 0 Å². The van der Waals surface area contributed by atoms with Gasteiger partial charge in [0.15, 0.2) is 0 Å². The number of hydrogen-bond donors (Lipinski definition) is 0. The predicted molar refractivity (Wildman–Crippen MR) is 82.8 cm³/mol. The molecule has 7 heteroatoms. The molecule has 3 rings (SSSR count). The molecule has 0 bridgehead atoms. The summed E-state index contributed by atoms with van der Waals surface area (Å²) in [4.78, 5) is 25.2. The van der Waals surface area contributed by atoms with Crippen LogP contribution in [0.4, 0.5) is 5.82 Å². The largest absolute Gasteiger partial charge is 0.353 e. The quantitative estimate of drug-likeness (QED) is 0.820. The normalized spacial score (nSPS) is 15.2. The van der Waals surface area contributed by atoms with E-state index in [0.717, 1.165) is 30.2 Å². The predicted octanol–water partition coefficient (Wildman–Crippen LogP) is 0.789. The lowest BCUT2D eigenvalue weighted by molar-refractivity contribution is 0.0735. The molecule has 116 valence electrons. The van der Waals surface area contributed by atoms with Gasteiger partial charge < -0.3 is 9.80 Å². The lowest BCUT2D eigenvalue weighted by atomic mass is 10.2. The minimum absolute atomic E-state index is 0.0373. The average Bonchev–Trinajstić information content (AvgIpc) is 2.96. The Morgan fingerprint density at radius 2 is 1.86 bits per heavy atom. The minimum Gasteiger partial charge on any atom is -0.353 e. The second-order valence-corrected chi connectivity index (χ2v) is 5.53. The smallest absolute Gasteiger partial charge is 0.272 e. The summed E-state index contributed by atoms with van der Waals surface area (Å²) in [7, 11) is 1.79. The number of rotatable bonds is 2. The molecule has 0 aromatic carbocycles. The van der Waals surface area contributed by atoms with Crippen molar-refractivity contribution >= 4 is 11.7 Å². The van der Waals surface area contributed by atoms with Crippen LogP contribution in [0.3, 0.4) is 0 Å². The van der Waals surface area contributed by atoms with E-state index in [1.165, 1.54) is 0 Å². The molecule has 2 aromatic rings. The van der Waals surface area contributed by atoms with Gasteiger partial charge in [-0.15, -0.1) is 0 Å². The maximum Gasteiger partial charge on any atom is 0.272 e. The molecule has 0 aliphatic carbocycles. The van der Waals surface area contributed by atoms with Gasteiger partial charge in [-0.1, -0.05) is 0 Å². The van der Waals surface area contributed by atoms with Crippen LogP contribution >= 0.6 is 0 Å². The fraction of sp³-hybridized carbons (Fsp3) is 0.467. The van der Waals surface area contributed by atoms with Crippen molar-refractivity contribution in [2.24, 2.45) is 7.05 Å². The van der Waals surface area contributed by atoms with E-state index in [1.807, 2.05) is 18.7 Å². The molecular formula is C15H20N6O. The summed E-state index contributed by atoms with van der Waals surface area (Å²) in [6.07, 6.45) is 3.25. The van der Waals surface area contributed by atoms with Crippen LogP contribution in [0.1, 0.15) is 21.7 Å². The Balaban J connectivity index is 1.69. The third-order valence-electron chi connectivity index (χ3n) is 4.22. The Kier molecular flexibility index (Phi) is 3.79. The molecule has 0 radical (unpaired) electrons. The van der Waals surface area contributed by atoms with Crippen molar-refractivity contribution in [1.82, 2.24) is 24.6 Å². The van der Waals surface area contributed by atoms with Crippen LogP contribution < -0.4 is 4.90 Å². The van der Waals surface area contributed by atoms with Gasteiger partial charge in [0.25, 0.3) is 5.91 Å². The summed E-state index contributed by atoms with van der Waals surface area (Å²) in [5.41, 5.74) is 2.73. The number of aryl methyl sites for hydroxylation is 2. The van der Waals surface area contributed by atoms with E-state index < -0.39 is 0 Å². The van der Waals surface area contributed by atoms with Gasteiger partial charge in [-0.05, 0) is 19.9 Å². The van der Waals surface area contributed by atoms with Crippen LogP contribution in [0.5, 0.6) is 0 Å². The molecule has 7 nitrogen and oxygen atoms in total. The number of amides is 1. The summed E-state index contributed by atoms with van der Waals surface area (Å²) >= 11 is 0. The van der Waals surface area contributed by atoms with Gasteiger partial charge in [0.1, 0.15) is 17.8 Å². The molecule has 0 unspecified atom stereocenters. The van der Waals surface area contributed by atoms with Gasteiger partial charge >= 0.3 is 0 Å². The van der Waals surface area contributed by atoms with Crippen molar-refractivity contribution in [1.29, 1.82) is 0 Å². The Labute approximate surface area is 129 Å². The molecule has 1 aliphatic rings. The third kappa shape index (κ3) is 2.54. The third-order valence-corrected chi connectivity index (χ3v) is 4.22. The van der Waals surface area contributed by atoms with Crippen LogP contribution in [-0.2, 0) is 7.05 Å². The molecule has 0 atom stereocenters. The van der Waals surface area contributed by atoms with E-state index in [2.05, 4.69) is 20.0 Å². The number of piperazine rings is 1. The van der Waals surface area contributed by atoms with Crippen LogP contribution in [0.25, 0.3) is 0 Å². The Morgan fingerprint density at radius 3 is 2.50 bits per heavy atom. The molecular weight excluding hydrogens is 280 g/mol. The van der Waals surface area contributed by atoms with E-state index in [1.54, 1.807) is 30.3 Å². The summed E-state index contributed by atoms with van der Waals surface area (Å²) in [5.74, 6) is 1.01. The Morgan fingerprint density at radius 1 is 1.14 bits per heavy atom. The summed E-state index contributed by atoms with van der Waals surface area (Å²) in [6, 6.07) is 1.76. The SMILES string of the molecule is Cc1ncnc(N2CCN(C(=O)c3ccnn3C)CC2)c1C. The summed E-state index contributed by atoms with van der Waals surface area (Å²) in [5, 5.41) is 4.06. The maximum atomic E-state index is 12.5. The Hall–Kier alpha value is -2.44. The number of anilines is 1. The fourth-order valence-corrected chi connectivity index (χ4v) is 2.71. The molecule has 1 amide bonds. The highest BCUT2D eigenvalue weighted by molar-refractivity contribution is 5.92. The van der Waals surface area contributed by atoms with Crippen molar-refractivity contribution in [3.05, 3.63) is 35.5 Å². The molecule has 0 saturated carbocycles. The molecule has 3 heterocycles. The van der Waals surface area contributed by atoms with Crippen LogP contribution in [-0.4, -0.2) is 56.7 Å². The van der Waals surface area contributed by atoms with Crippen LogP contribution in [0.15, 0.2) is 18.6 Å². The standard InChI is InChI=1S/C15H20N6O/c1-11-12(2)16-10-17-14(11)20-6-8-21(9-7-20)15(22)13-4-5-18-19(13)3/h4-5,10H,6-9H2,1-3H3. The minimum atomic E-state index is 0.0373. The van der Waals surface area contributed by atoms with Crippen molar-refractivity contribution in [2.75, 3.05) is 31.1 Å². The van der Waals surface area contributed by atoms with Gasteiger partial charge in [0, 0.05) is 50.7 Å². The van der Waals surface area contributed by atoms with Gasteiger partial charge in [0.05, 0.1) is 0 Å². The van der Waals surface area contributed by atoms with Gasteiger partial charge in [0.2, 0.25) is 0 Å². The zero-order valence-electron chi connectivity index (χ0n) is 13.2.